The molecule has 5 aromatic rings. The third-order valence-corrected chi connectivity index (χ3v) is 8.04. The number of thiazole rings is 1. The molecule has 0 spiro atoms. The van der Waals surface area contributed by atoms with Crippen LogP contribution in [0.1, 0.15) is 49.3 Å². The molecule has 2 amide bonds. The molecule has 10 heteroatoms. The molecule has 0 saturated carbocycles. The van der Waals surface area contributed by atoms with E-state index in [-0.39, 0.29) is 0 Å². The smallest absolute Gasteiger partial charge is 0.410 e. The minimum absolute atomic E-state index is 0.314. The molecule has 0 fully saturated rings. The summed E-state index contributed by atoms with van der Waals surface area (Å²) >= 11 is 1.43. The third kappa shape index (κ3) is 9.95. The highest BCUT2D eigenvalue weighted by Gasteiger charge is 2.25. The van der Waals surface area contributed by atoms with E-state index in [2.05, 4.69) is 20.3 Å². The SMILES string of the molecule is CC(C)(C)OC(=O)N(CCCNC(=O)OC(Cc1ccc(-c2ccccn2)cc1)c1scnc1-c1ccccn1)Cc1ccccc1. The van der Waals surface area contributed by atoms with Crippen molar-refractivity contribution < 1.29 is 19.1 Å². The van der Waals surface area contributed by atoms with Gasteiger partial charge in [0.15, 0.2) is 0 Å². The third-order valence-electron chi connectivity index (χ3n) is 7.12. The van der Waals surface area contributed by atoms with Crippen LogP contribution in [0.4, 0.5) is 9.59 Å². The predicted octanol–water partition coefficient (Wildman–Crippen LogP) is 8.10. The lowest BCUT2D eigenvalue weighted by Gasteiger charge is -2.27. The van der Waals surface area contributed by atoms with Crippen LogP contribution in [0.25, 0.3) is 22.6 Å². The fourth-order valence-corrected chi connectivity index (χ4v) is 5.75. The second kappa shape index (κ2) is 16.0. The number of amides is 2. The maximum Gasteiger partial charge on any atom is 0.410 e. The number of nitrogens with one attached hydrogen (secondary N) is 1. The van der Waals surface area contributed by atoms with Gasteiger partial charge >= 0.3 is 12.2 Å². The van der Waals surface area contributed by atoms with E-state index in [0.717, 1.165) is 27.3 Å². The Kier molecular flexibility index (Phi) is 11.3. The number of alkyl carbamates (subject to hydrolysis) is 1. The first-order valence-corrected chi connectivity index (χ1v) is 16.4. The number of carbonyl (C=O) groups is 2. The number of pyridine rings is 2. The van der Waals surface area contributed by atoms with Gasteiger partial charge in [-0.2, -0.15) is 0 Å². The molecule has 0 aliphatic heterocycles. The van der Waals surface area contributed by atoms with Gasteiger partial charge in [-0.3, -0.25) is 9.97 Å². The van der Waals surface area contributed by atoms with E-state index in [9.17, 15) is 9.59 Å². The number of carbonyl (C=O) groups excluding carboxylic acids is 2. The van der Waals surface area contributed by atoms with Gasteiger partial charge in [0.05, 0.1) is 21.8 Å². The zero-order valence-electron chi connectivity index (χ0n) is 26.8. The highest BCUT2D eigenvalue weighted by atomic mass is 32.1. The summed E-state index contributed by atoms with van der Waals surface area (Å²) in [5.74, 6) is 0. The molecule has 5 rings (SSSR count). The molecule has 1 unspecified atom stereocenters. The number of benzene rings is 2. The molecule has 0 saturated heterocycles. The highest BCUT2D eigenvalue weighted by molar-refractivity contribution is 7.10. The van der Waals surface area contributed by atoms with Gasteiger partial charge in [0.25, 0.3) is 0 Å². The molecule has 1 N–H and O–H groups in total. The van der Waals surface area contributed by atoms with E-state index in [1.54, 1.807) is 22.8 Å². The Morgan fingerprint density at radius 2 is 1.51 bits per heavy atom. The van der Waals surface area contributed by atoms with Gasteiger partial charge in [-0.15, -0.1) is 11.3 Å². The van der Waals surface area contributed by atoms with E-state index in [1.165, 1.54) is 11.3 Å². The molecule has 9 nitrogen and oxygen atoms in total. The van der Waals surface area contributed by atoms with Crippen LogP contribution in [0.15, 0.2) is 109 Å². The Morgan fingerprint density at radius 3 is 2.17 bits per heavy atom. The van der Waals surface area contributed by atoms with Crippen molar-refractivity contribution in [3.63, 3.8) is 0 Å². The van der Waals surface area contributed by atoms with Crippen molar-refractivity contribution in [3.05, 3.63) is 125 Å². The molecule has 1 atom stereocenters. The molecule has 3 aromatic heterocycles. The standard InChI is InChI=1S/C37H39N5O4S/c1-37(2,3)46-36(44)42(25-28-12-5-4-6-13-28)23-11-22-40-35(43)45-32(34-33(41-26-47-34)31-15-8-10-21-39-31)24-27-16-18-29(19-17-27)30-14-7-9-20-38-30/h4-10,12-21,26,32H,11,22-25H2,1-3H3,(H,40,43). The summed E-state index contributed by atoms with van der Waals surface area (Å²) in [5.41, 5.74) is 6.41. The first-order chi connectivity index (χ1) is 22.7. The van der Waals surface area contributed by atoms with Crippen molar-refractivity contribution in [2.24, 2.45) is 0 Å². The number of nitrogens with zero attached hydrogens (tertiary/aromatic N) is 4. The maximum atomic E-state index is 13.2. The molecule has 0 radical (unpaired) electrons. The number of rotatable bonds is 12. The number of hydrogen-bond donors (Lipinski definition) is 1. The Bertz CT molecular complexity index is 1710. The molecule has 3 heterocycles. The van der Waals surface area contributed by atoms with Crippen molar-refractivity contribution in [2.75, 3.05) is 13.1 Å². The van der Waals surface area contributed by atoms with E-state index in [0.29, 0.717) is 43.9 Å². The molecular formula is C37H39N5O4S. The van der Waals surface area contributed by atoms with Crippen molar-refractivity contribution in [2.45, 2.75) is 51.9 Å². The van der Waals surface area contributed by atoms with Gasteiger partial charge in [-0.05, 0) is 62.6 Å². The van der Waals surface area contributed by atoms with Gasteiger partial charge in [0, 0.05) is 44.0 Å². The van der Waals surface area contributed by atoms with Crippen LogP contribution in [0.3, 0.4) is 0 Å². The summed E-state index contributed by atoms with van der Waals surface area (Å²) in [7, 11) is 0. The zero-order chi connectivity index (χ0) is 33.1. The molecule has 0 aliphatic rings. The van der Waals surface area contributed by atoms with Crippen molar-refractivity contribution in [1.82, 2.24) is 25.2 Å². The minimum Gasteiger partial charge on any atom is -0.444 e. The van der Waals surface area contributed by atoms with Crippen LogP contribution in [-0.2, 0) is 22.4 Å². The summed E-state index contributed by atoms with van der Waals surface area (Å²) in [6, 6.07) is 29.3. The maximum absolute atomic E-state index is 13.2. The monoisotopic (exact) mass is 649 g/mol. The number of ether oxygens (including phenoxy) is 2. The average Bonchev–Trinajstić information content (AvgIpc) is 3.57. The lowest BCUT2D eigenvalue weighted by molar-refractivity contribution is 0.0231. The van der Waals surface area contributed by atoms with Crippen LogP contribution in [0.2, 0.25) is 0 Å². The summed E-state index contributed by atoms with van der Waals surface area (Å²) in [5, 5.41) is 2.88. The van der Waals surface area contributed by atoms with Crippen molar-refractivity contribution in [1.29, 1.82) is 0 Å². The zero-order valence-corrected chi connectivity index (χ0v) is 27.7. The average molecular weight is 650 g/mol. The van der Waals surface area contributed by atoms with Gasteiger partial charge in [0.2, 0.25) is 0 Å². The minimum atomic E-state index is -0.618. The molecule has 0 aliphatic carbocycles. The first-order valence-electron chi connectivity index (χ1n) is 15.6. The van der Waals surface area contributed by atoms with Crippen LogP contribution < -0.4 is 5.32 Å². The summed E-state index contributed by atoms with van der Waals surface area (Å²) in [4.78, 5) is 42.1. The summed E-state index contributed by atoms with van der Waals surface area (Å²) < 4.78 is 11.7. The summed E-state index contributed by atoms with van der Waals surface area (Å²) in [6.07, 6.45) is 2.90. The van der Waals surface area contributed by atoms with Crippen molar-refractivity contribution >= 4 is 23.5 Å². The van der Waals surface area contributed by atoms with E-state index in [1.807, 2.05) is 112 Å². The van der Waals surface area contributed by atoms with Crippen LogP contribution >= 0.6 is 11.3 Å². The first kappa shape index (κ1) is 33.3. The fourth-order valence-electron chi connectivity index (χ4n) is 4.92. The Balaban J connectivity index is 1.25. The predicted molar refractivity (Wildman–Crippen MR) is 184 cm³/mol. The molecule has 2 aromatic carbocycles. The molecular weight excluding hydrogens is 611 g/mol. The fraction of sp³-hybridized carbons (Fsp3) is 0.270. The number of hydrogen-bond acceptors (Lipinski definition) is 8. The van der Waals surface area contributed by atoms with Gasteiger partial charge in [-0.1, -0.05) is 66.7 Å². The Hall–Kier alpha value is -5.09. The molecule has 47 heavy (non-hydrogen) atoms. The van der Waals surface area contributed by atoms with Crippen molar-refractivity contribution in [3.8, 4) is 22.6 Å². The second-order valence-electron chi connectivity index (χ2n) is 12.0. The van der Waals surface area contributed by atoms with Crippen LogP contribution in [0, 0.1) is 0 Å². The highest BCUT2D eigenvalue weighted by Crippen LogP contribution is 2.34. The second-order valence-corrected chi connectivity index (χ2v) is 12.8. The van der Waals surface area contributed by atoms with E-state index >= 15 is 0 Å². The van der Waals surface area contributed by atoms with Gasteiger partial charge < -0.3 is 19.7 Å². The van der Waals surface area contributed by atoms with E-state index < -0.39 is 23.9 Å². The quantitative estimate of drug-likeness (QED) is 0.136. The number of aromatic nitrogens is 3. The lowest BCUT2D eigenvalue weighted by atomic mass is 10.0. The van der Waals surface area contributed by atoms with Gasteiger partial charge in [-0.25, -0.2) is 14.6 Å². The Morgan fingerprint density at radius 1 is 0.830 bits per heavy atom. The lowest BCUT2D eigenvalue weighted by Crippen LogP contribution is -2.38. The molecule has 242 valence electrons. The van der Waals surface area contributed by atoms with Crippen LogP contribution in [0.5, 0.6) is 0 Å². The Labute approximate surface area is 279 Å². The normalized spacial score (nSPS) is 11.8. The topological polar surface area (TPSA) is 107 Å². The van der Waals surface area contributed by atoms with Gasteiger partial charge in [0.1, 0.15) is 17.4 Å². The summed E-state index contributed by atoms with van der Waals surface area (Å²) in [6.45, 7) is 6.65. The largest absolute Gasteiger partial charge is 0.444 e. The van der Waals surface area contributed by atoms with E-state index in [4.69, 9.17) is 9.47 Å². The molecule has 0 bridgehead atoms. The van der Waals surface area contributed by atoms with Crippen LogP contribution in [-0.4, -0.2) is 50.7 Å².